The van der Waals surface area contributed by atoms with Crippen molar-refractivity contribution < 1.29 is 0 Å². The number of hydrogen-bond donors (Lipinski definition) is 1. The van der Waals surface area contributed by atoms with Gasteiger partial charge in [-0.15, -0.1) is 0 Å². The predicted molar refractivity (Wildman–Crippen MR) is 79.8 cm³/mol. The van der Waals surface area contributed by atoms with E-state index in [-0.39, 0.29) is 0 Å². The Balaban J connectivity index is 2.13. The first kappa shape index (κ1) is 11.0. The molecule has 0 unspecified atom stereocenters. The standard InChI is InChI=1S/C15H13N5/c1-19-8-12(13-14(16)17-9-18-15(13)19)20-7-6-10-4-2-3-5-11(10)20/h2-9H,1H3,(H2,16,17,18). The van der Waals surface area contributed by atoms with E-state index in [1.54, 1.807) is 0 Å². The van der Waals surface area contributed by atoms with E-state index in [2.05, 4.69) is 32.7 Å². The van der Waals surface area contributed by atoms with Crippen LogP contribution in [0, 0.1) is 0 Å². The fourth-order valence-corrected chi connectivity index (χ4v) is 2.69. The topological polar surface area (TPSA) is 61.7 Å². The molecule has 0 atom stereocenters. The van der Waals surface area contributed by atoms with Crippen molar-refractivity contribution in [1.82, 2.24) is 19.1 Å². The highest BCUT2D eigenvalue weighted by Crippen LogP contribution is 2.29. The lowest BCUT2D eigenvalue weighted by Crippen LogP contribution is -1.96. The van der Waals surface area contributed by atoms with Crippen molar-refractivity contribution in [3.05, 3.63) is 49.1 Å². The lowest BCUT2D eigenvalue weighted by molar-refractivity contribution is 0.936. The zero-order chi connectivity index (χ0) is 13.7. The summed E-state index contributed by atoms with van der Waals surface area (Å²) in [5.41, 5.74) is 9.02. The highest BCUT2D eigenvalue weighted by Gasteiger charge is 2.14. The molecule has 0 aliphatic carbocycles. The number of nitrogen functional groups attached to an aromatic ring is 1. The van der Waals surface area contributed by atoms with Crippen LogP contribution in [0.2, 0.25) is 0 Å². The van der Waals surface area contributed by atoms with Gasteiger partial charge in [-0.3, -0.25) is 0 Å². The number of hydrogen-bond acceptors (Lipinski definition) is 3. The largest absolute Gasteiger partial charge is 0.383 e. The predicted octanol–water partition coefficient (Wildman–Crippen LogP) is 2.49. The maximum Gasteiger partial charge on any atom is 0.147 e. The highest BCUT2D eigenvalue weighted by atomic mass is 15.1. The SMILES string of the molecule is Cn1cc(-n2ccc3ccccc32)c2c(N)ncnc21. The van der Waals surface area contributed by atoms with Crippen molar-refractivity contribution in [2.45, 2.75) is 0 Å². The van der Waals surface area contributed by atoms with Gasteiger partial charge in [-0.1, -0.05) is 18.2 Å². The van der Waals surface area contributed by atoms with Gasteiger partial charge < -0.3 is 14.9 Å². The maximum absolute atomic E-state index is 6.04. The third-order valence-electron chi connectivity index (χ3n) is 3.62. The molecule has 0 bridgehead atoms. The van der Waals surface area contributed by atoms with Crippen molar-refractivity contribution >= 4 is 27.8 Å². The Morgan fingerprint density at radius 2 is 1.95 bits per heavy atom. The van der Waals surface area contributed by atoms with E-state index in [1.165, 1.54) is 11.7 Å². The molecular weight excluding hydrogens is 250 g/mol. The Morgan fingerprint density at radius 1 is 1.10 bits per heavy atom. The molecule has 0 amide bonds. The van der Waals surface area contributed by atoms with Gasteiger partial charge in [0.15, 0.2) is 0 Å². The average molecular weight is 263 g/mol. The molecular formula is C15H13N5. The van der Waals surface area contributed by atoms with E-state index >= 15 is 0 Å². The molecule has 0 radical (unpaired) electrons. The van der Waals surface area contributed by atoms with Gasteiger partial charge in [0.1, 0.15) is 17.8 Å². The highest BCUT2D eigenvalue weighted by molar-refractivity contribution is 5.96. The second kappa shape index (κ2) is 3.84. The minimum absolute atomic E-state index is 0.503. The second-order valence-electron chi connectivity index (χ2n) is 4.83. The zero-order valence-electron chi connectivity index (χ0n) is 11.0. The van der Waals surface area contributed by atoms with Crippen LogP contribution in [0.4, 0.5) is 5.82 Å². The van der Waals surface area contributed by atoms with Crippen molar-refractivity contribution in [2.24, 2.45) is 7.05 Å². The summed E-state index contributed by atoms with van der Waals surface area (Å²) in [6, 6.07) is 10.3. The number of anilines is 1. The van der Waals surface area contributed by atoms with Crippen LogP contribution in [0.25, 0.3) is 27.6 Å². The summed E-state index contributed by atoms with van der Waals surface area (Å²) in [6.07, 6.45) is 5.57. The Labute approximate surface area is 115 Å². The van der Waals surface area contributed by atoms with E-state index < -0.39 is 0 Å². The molecule has 98 valence electrons. The molecule has 0 saturated heterocycles. The molecule has 0 saturated carbocycles. The minimum Gasteiger partial charge on any atom is -0.383 e. The Morgan fingerprint density at radius 3 is 2.85 bits per heavy atom. The average Bonchev–Trinajstić information content (AvgIpc) is 3.01. The molecule has 5 nitrogen and oxygen atoms in total. The fourth-order valence-electron chi connectivity index (χ4n) is 2.69. The van der Waals surface area contributed by atoms with Gasteiger partial charge in [0.2, 0.25) is 0 Å². The lowest BCUT2D eigenvalue weighted by atomic mass is 10.2. The van der Waals surface area contributed by atoms with Crippen molar-refractivity contribution in [3.8, 4) is 5.69 Å². The number of aryl methyl sites for hydroxylation is 1. The summed E-state index contributed by atoms with van der Waals surface area (Å²) >= 11 is 0. The Hall–Kier alpha value is -2.82. The molecule has 0 aliphatic heterocycles. The molecule has 0 spiro atoms. The molecule has 3 heterocycles. The summed E-state index contributed by atoms with van der Waals surface area (Å²) in [5, 5.41) is 2.08. The number of nitrogens with two attached hydrogens (primary N) is 1. The molecule has 1 aromatic carbocycles. The molecule has 5 heteroatoms. The first-order valence-corrected chi connectivity index (χ1v) is 6.37. The maximum atomic E-state index is 6.04. The van der Waals surface area contributed by atoms with Gasteiger partial charge in [-0.05, 0) is 17.5 Å². The number of benzene rings is 1. The van der Waals surface area contributed by atoms with E-state index in [4.69, 9.17) is 5.73 Å². The molecule has 4 aromatic rings. The molecule has 0 fully saturated rings. The van der Waals surface area contributed by atoms with Crippen LogP contribution in [0.5, 0.6) is 0 Å². The summed E-state index contributed by atoms with van der Waals surface area (Å²) in [6.45, 7) is 0. The van der Waals surface area contributed by atoms with Gasteiger partial charge in [0.25, 0.3) is 0 Å². The van der Waals surface area contributed by atoms with Crippen molar-refractivity contribution in [2.75, 3.05) is 5.73 Å². The van der Waals surface area contributed by atoms with Gasteiger partial charge in [-0.25, -0.2) is 9.97 Å². The number of rotatable bonds is 1. The van der Waals surface area contributed by atoms with Crippen LogP contribution in [0.1, 0.15) is 0 Å². The van der Waals surface area contributed by atoms with E-state index in [9.17, 15) is 0 Å². The Kier molecular flexibility index (Phi) is 2.12. The van der Waals surface area contributed by atoms with Gasteiger partial charge in [0.05, 0.1) is 16.6 Å². The monoisotopic (exact) mass is 263 g/mol. The minimum atomic E-state index is 0.503. The first-order valence-electron chi connectivity index (χ1n) is 6.37. The van der Waals surface area contributed by atoms with Crippen LogP contribution in [-0.2, 0) is 7.05 Å². The lowest BCUT2D eigenvalue weighted by Gasteiger charge is -2.04. The fraction of sp³-hybridized carbons (Fsp3) is 0.0667. The second-order valence-corrected chi connectivity index (χ2v) is 4.83. The summed E-state index contributed by atoms with van der Waals surface area (Å²) in [4.78, 5) is 8.42. The van der Waals surface area contributed by atoms with Gasteiger partial charge >= 0.3 is 0 Å². The van der Waals surface area contributed by atoms with Crippen molar-refractivity contribution in [1.29, 1.82) is 0 Å². The van der Waals surface area contributed by atoms with Crippen LogP contribution in [0.3, 0.4) is 0 Å². The van der Waals surface area contributed by atoms with E-state index in [1.807, 2.05) is 36.1 Å². The number of fused-ring (bicyclic) bond motifs is 2. The normalized spacial score (nSPS) is 11.4. The van der Waals surface area contributed by atoms with E-state index in [0.717, 1.165) is 22.2 Å². The van der Waals surface area contributed by atoms with Crippen LogP contribution in [0.15, 0.2) is 49.1 Å². The summed E-state index contributed by atoms with van der Waals surface area (Å²) in [5.74, 6) is 0.503. The van der Waals surface area contributed by atoms with Gasteiger partial charge in [-0.2, -0.15) is 0 Å². The molecule has 0 aliphatic rings. The number of para-hydroxylation sites is 1. The van der Waals surface area contributed by atoms with E-state index in [0.29, 0.717) is 5.82 Å². The number of aromatic nitrogens is 4. The summed E-state index contributed by atoms with van der Waals surface area (Å²) < 4.78 is 4.09. The van der Waals surface area contributed by atoms with Crippen LogP contribution in [-0.4, -0.2) is 19.1 Å². The first-order chi connectivity index (χ1) is 9.75. The third-order valence-corrected chi connectivity index (χ3v) is 3.62. The van der Waals surface area contributed by atoms with Gasteiger partial charge in [0, 0.05) is 19.4 Å². The molecule has 20 heavy (non-hydrogen) atoms. The third kappa shape index (κ3) is 1.37. The number of nitrogens with zero attached hydrogens (tertiary/aromatic N) is 4. The zero-order valence-corrected chi connectivity index (χ0v) is 11.0. The molecule has 3 aromatic heterocycles. The Bertz CT molecular complexity index is 932. The van der Waals surface area contributed by atoms with Crippen LogP contribution >= 0.6 is 0 Å². The van der Waals surface area contributed by atoms with Crippen LogP contribution < -0.4 is 5.73 Å². The van der Waals surface area contributed by atoms with Crippen molar-refractivity contribution in [3.63, 3.8) is 0 Å². The molecule has 4 rings (SSSR count). The summed E-state index contributed by atoms with van der Waals surface area (Å²) in [7, 11) is 1.96. The molecule has 2 N–H and O–H groups in total. The smallest absolute Gasteiger partial charge is 0.147 e. The quantitative estimate of drug-likeness (QED) is 0.574.